The van der Waals surface area contributed by atoms with Gasteiger partial charge in [0.1, 0.15) is 5.82 Å². The summed E-state index contributed by atoms with van der Waals surface area (Å²) in [5.74, 6) is 0.697. The fraction of sp³-hybridized carbons (Fsp3) is 0.625. The van der Waals surface area contributed by atoms with Crippen LogP contribution in [0.4, 0.5) is 4.39 Å². The first kappa shape index (κ1) is 14.9. The van der Waals surface area contributed by atoms with Crippen molar-refractivity contribution >= 4 is 11.8 Å². The van der Waals surface area contributed by atoms with E-state index in [0.717, 1.165) is 16.4 Å². The second-order valence-corrected chi connectivity index (χ2v) is 7.25. The highest BCUT2D eigenvalue weighted by Crippen LogP contribution is 2.38. The van der Waals surface area contributed by atoms with Crippen LogP contribution in [0.2, 0.25) is 0 Å². The van der Waals surface area contributed by atoms with Gasteiger partial charge in [-0.25, -0.2) is 4.39 Å². The highest BCUT2D eigenvalue weighted by Gasteiger charge is 2.21. The average Bonchev–Trinajstić information content (AvgIpc) is 2.33. The zero-order chi connectivity index (χ0) is 13.8. The highest BCUT2D eigenvalue weighted by atomic mass is 32.2. The van der Waals surface area contributed by atoms with E-state index in [1.165, 1.54) is 25.7 Å². The first-order chi connectivity index (χ1) is 9.06. The number of rotatable bonds is 4. The minimum atomic E-state index is -0.105. The maximum absolute atomic E-state index is 14.0. The van der Waals surface area contributed by atoms with E-state index in [-0.39, 0.29) is 11.9 Å². The van der Waals surface area contributed by atoms with Gasteiger partial charge in [0.05, 0.1) is 0 Å². The SMILES string of the molecule is CC(N)Cc1c(F)cccc1SC1CCCC(C)C1. The van der Waals surface area contributed by atoms with Crippen LogP contribution in [0.25, 0.3) is 0 Å². The topological polar surface area (TPSA) is 26.0 Å². The maximum atomic E-state index is 14.0. The molecule has 1 aliphatic rings. The molecule has 1 aromatic carbocycles. The molecular weight excluding hydrogens is 257 g/mol. The third-order valence-corrected chi connectivity index (χ3v) is 5.18. The van der Waals surface area contributed by atoms with Crippen LogP contribution in [0.15, 0.2) is 23.1 Å². The molecule has 1 saturated carbocycles. The lowest BCUT2D eigenvalue weighted by atomic mass is 9.91. The fourth-order valence-corrected chi connectivity index (χ4v) is 4.38. The zero-order valence-corrected chi connectivity index (χ0v) is 12.7. The van der Waals surface area contributed by atoms with Crippen molar-refractivity contribution in [3.05, 3.63) is 29.6 Å². The van der Waals surface area contributed by atoms with Gasteiger partial charge in [0.25, 0.3) is 0 Å². The molecule has 1 fully saturated rings. The molecule has 3 atom stereocenters. The van der Waals surface area contributed by atoms with E-state index in [0.29, 0.717) is 11.7 Å². The lowest BCUT2D eigenvalue weighted by Crippen LogP contribution is -2.20. The first-order valence-electron chi connectivity index (χ1n) is 7.26. The number of thioether (sulfide) groups is 1. The molecule has 19 heavy (non-hydrogen) atoms. The Labute approximate surface area is 120 Å². The van der Waals surface area contributed by atoms with E-state index in [1.807, 2.05) is 30.8 Å². The standard InChI is InChI=1S/C16H24FNS/c1-11-5-3-6-13(9-11)19-16-8-4-7-15(17)14(16)10-12(2)18/h4,7-8,11-13H,3,5-6,9-10,18H2,1-2H3. The van der Waals surface area contributed by atoms with Gasteiger partial charge in [0.2, 0.25) is 0 Å². The molecule has 0 radical (unpaired) electrons. The van der Waals surface area contributed by atoms with E-state index in [9.17, 15) is 4.39 Å². The van der Waals surface area contributed by atoms with Crippen LogP contribution in [0, 0.1) is 11.7 Å². The third-order valence-electron chi connectivity index (χ3n) is 3.78. The molecule has 0 aliphatic heterocycles. The summed E-state index contributed by atoms with van der Waals surface area (Å²) >= 11 is 1.86. The third kappa shape index (κ3) is 4.22. The molecule has 1 nitrogen and oxygen atoms in total. The van der Waals surface area contributed by atoms with Crippen LogP contribution in [0.3, 0.4) is 0 Å². The predicted molar refractivity (Wildman–Crippen MR) is 81.0 cm³/mol. The molecule has 106 valence electrons. The van der Waals surface area contributed by atoms with Gasteiger partial charge in [0.15, 0.2) is 0 Å². The Kier molecular flexibility index (Phi) is 5.28. The quantitative estimate of drug-likeness (QED) is 0.886. The van der Waals surface area contributed by atoms with Crippen molar-refractivity contribution in [3.63, 3.8) is 0 Å². The Morgan fingerprint density at radius 2 is 2.21 bits per heavy atom. The Bertz CT molecular complexity index is 419. The molecule has 0 spiro atoms. The lowest BCUT2D eigenvalue weighted by molar-refractivity contribution is 0.394. The maximum Gasteiger partial charge on any atom is 0.127 e. The largest absolute Gasteiger partial charge is 0.328 e. The van der Waals surface area contributed by atoms with E-state index >= 15 is 0 Å². The molecule has 2 rings (SSSR count). The van der Waals surface area contributed by atoms with Gasteiger partial charge in [0, 0.05) is 21.8 Å². The second-order valence-electron chi connectivity index (χ2n) is 5.91. The summed E-state index contributed by atoms with van der Waals surface area (Å²) in [5, 5.41) is 0.636. The van der Waals surface area contributed by atoms with Crippen LogP contribution in [0.5, 0.6) is 0 Å². The molecule has 3 heteroatoms. The Morgan fingerprint density at radius 1 is 1.42 bits per heavy atom. The molecule has 0 amide bonds. The van der Waals surface area contributed by atoms with Gasteiger partial charge < -0.3 is 5.73 Å². The van der Waals surface area contributed by atoms with Crippen molar-refractivity contribution in [1.82, 2.24) is 0 Å². The summed E-state index contributed by atoms with van der Waals surface area (Å²) in [6.07, 6.45) is 5.77. The molecule has 1 aromatic rings. The molecular formula is C16H24FNS. The number of benzene rings is 1. The molecule has 3 unspecified atom stereocenters. The zero-order valence-electron chi connectivity index (χ0n) is 11.9. The first-order valence-corrected chi connectivity index (χ1v) is 8.14. The van der Waals surface area contributed by atoms with Crippen LogP contribution in [-0.4, -0.2) is 11.3 Å². The van der Waals surface area contributed by atoms with Crippen molar-refractivity contribution in [1.29, 1.82) is 0 Å². The number of halogens is 1. The number of hydrogen-bond donors (Lipinski definition) is 1. The molecule has 1 aliphatic carbocycles. The smallest absolute Gasteiger partial charge is 0.127 e. The Morgan fingerprint density at radius 3 is 2.89 bits per heavy atom. The number of hydrogen-bond acceptors (Lipinski definition) is 2. The summed E-state index contributed by atoms with van der Waals surface area (Å²) in [4.78, 5) is 1.09. The van der Waals surface area contributed by atoms with Crippen LogP contribution in [-0.2, 0) is 6.42 Å². The Hall–Kier alpha value is -0.540. The van der Waals surface area contributed by atoms with E-state index in [2.05, 4.69) is 6.92 Å². The summed E-state index contributed by atoms with van der Waals surface area (Å²) in [6.45, 7) is 4.25. The van der Waals surface area contributed by atoms with Gasteiger partial charge in [-0.1, -0.05) is 25.8 Å². The van der Waals surface area contributed by atoms with Gasteiger partial charge in [-0.3, -0.25) is 0 Å². The second kappa shape index (κ2) is 6.76. The van der Waals surface area contributed by atoms with Crippen LogP contribution < -0.4 is 5.73 Å². The minimum absolute atomic E-state index is 0.00142. The normalized spacial score (nSPS) is 25.3. The molecule has 0 bridgehead atoms. The van der Waals surface area contributed by atoms with Crippen molar-refractivity contribution in [2.45, 2.75) is 62.1 Å². The van der Waals surface area contributed by atoms with Crippen LogP contribution in [0.1, 0.15) is 45.1 Å². The lowest BCUT2D eigenvalue weighted by Gasteiger charge is -2.27. The van der Waals surface area contributed by atoms with E-state index in [1.54, 1.807) is 6.07 Å². The molecule has 0 heterocycles. The summed E-state index contributed by atoms with van der Waals surface area (Å²) < 4.78 is 14.0. The number of nitrogens with two attached hydrogens (primary N) is 1. The Balaban J connectivity index is 2.12. The molecule has 0 aromatic heterocycles. The summed E-state index contributed by atoms with van der Waals surface area (Å²) in [5.41, 5.74) is 6.65. The highest BCUT2D eigenvalue weighted by molar-refractivity contribution is 8.00. The van der Waals surface area contributed by atoms with Crippen molar-refractivity contribution in [3.8, 4) is 0 Å². The monoisotopic (exact) mass is 281 g/mol. The van der Waals surface area contributed by atoms with Gasteiger partial charge in [-0.15, -0.1) is 11.8 Å². The summed E-state index contributed by atoms with van der Waals surface area (Å²) in [7, 11) is 0. The van der Waals surface area contributed by atoms with Crippen molar-refractivity contribution in [2.24, 2.45) is 11.7 Å². The fourth-order valence-electron chi connectivity index (χ4n) is 2.83. The predicted octanol–water partition coefficient (Wildman–Crippen LogP) is 4.39. The van der Waals surface area contributed by atoms with Crippen molar-refractivity contribution < 1.29 is 4.39 Å². The minimum Gasteiger partial charge on any atom is -0.328 e. The van der Waals surface area contributed by atoms with E-state index in [4.69, 9.17) is 5.73 Å². The van der Waals surface area contributed by atoms with Crippen LogP contribution >= 0.6 is 11.8 Å². The average molecular weight is 281 g/mol. The molecule has 2 N–H and O–H groups in total. The van der Waals surface area contributed by atoms with Gasteiger partial charge in [-0.2, -0.15) is 0 Å². The summed E-state index contributed by atoms with van der Waals surface area (Å²) in [6, 6.07) is 5.41. The molecule has 0 saturated heterocycles. The van der Waals surface area contributed by atoms with E-state index < -0.39 is 0 Å². The van der Waals surface area contributed by atoms with Gasteiger partial charge in [-0.05, 0) is 44.2 Å². The van der Waals surface area contributed by atoms with Crippen molar-refractivity contribution in [2.75, 3.05) is 0 Å². The van der Waals surface area contributed by atoms with Gasteiger partial charge >= 0.3 is 0 Å².